The minimum Gasteiger partial charge on any atom is -0.262 e. The molecule has 1 fully saturated rings. The molecule has 1 N–H and O–H groups in total. The van der Waals surface area contributed by atoms with E-state index in [0.717, 1.165) is 11.4 Å². The minimum atomic E-state index is 0.518. The number of aromatic nitrogens is 3. The summed E-state index contributed by atoms with van der Waals surface area (Å²) in [5.74, 6) is 2.18. The van der Waals surface area contributed by atoms with E-state index in [4.69, 9.17) is 23.2 Å². The third kappa shape index (κ3) is 2.93. The van der Waals surface area contributed by atoms with Gasteiger partial charge in [0.15, 0.2) is 5.82 Å². The first kappa shape index (κ1) is 12.9. The normalized spacial score (nSPS) is 16.7. The van der Waals surface area contributed by atoms with Crippen molar-refractivity contribution in [1.29, 1.82) is 0 Å². The van der Waals surface area contributed by atoms with Gasteiger partial charge >= 0.3 is 0 Å². The number of rotatable bonds is 2. The van der Waals surface area contributed by atoms with E-state index in [1.165, 1.54) is 32.1 Å². The summed E-state index contributed by atoms with van der Waals surface area (Å²) in [6.07, 6.45) is 6.30. The lowest BCUT2D eigenvalue weighted by Crippen LogP contribution is -2.06. The molecule has 3 nitrogen and oxygen atoms in total. The number of nitrogens with zero attached hydrogens (tertiary/aromatic N) is 2. The van der Waals surface area contributed by atoms with E-state index in [1.54, 1.807) is 6.07 Å². The molecule has 0 unspecified atom stereocenters. The van der Waals surface area contributed by atoms with Crippen molar-refractivity contribution in [2.45, 2.75) is 38.0 Å². The topological polar surface area (TPSA) is 41.6 Å². The Morgan fingerprint density at radius 3 is 2.37 bits per heavy atom. The van der Waals surface area contributed by atoms with Gasteiger partial charge in [-0.3, -0.25) is 5.10 Å². The summed E-state index contributed by atoms with van der Waals surface area (Å²) in [4.78, 5) is 4.60. The predicted octanol–water partition coefficient (Wildman–Crippen LogP) is 4.83. The Kier molecular flexibility index (Phi) is 3.76. The summed E-state index contributed by atoms with van der Waals surface area (Å²) in [5, 5.41) is 8.56. The first-order chi connectivity index (χ1) is 9.22. The fourth-order valence-electron chi connectivity index (χ4n) is 2.64. The van der Waals surface area contributed by atoms with Crippen molar-refractivity contribution in [3.05, 3.63) is 34.1 Å². The Bertz CT molecular complexity index is 554. The predicted molar refractivity (Wildman–Crippen MR) is 77.7 cm³/mol. The molecule has 1 aromatic heterocycles. The van der Waals surface area contributed by atoms with Crippen LogP contribution in [0, 0.1) is 0 Å². The molecule has 0 radical (unpaired) electrons. The second kappa shape index (κ2) is 5.51. The Morgan fingerprint density at radius 2 is 1.68 bits per heavy atom. The van der Waals surface area contributed by atoms with Crippen molar-refractivity contribution >= 4 is 23.2 Å². The van der Waals surface area contributed by atoms with Gasteiger partial charge in [-0.05, 0) is 31.0 Å². The third-order valence-corrected chi connectivity index (χ3v) is 4.05. The molecular weight excluding hydrogens is 281 g/mol. The minimum absolute atomic E-state index is 0.518. The number of H-pyrrole nitrogens is 1. The molecule has 0 aliphatic heterocycles. The molecular formula is C14H15Cl2N3. The fraction of sp³-hybridized carbons (Fsp3) is 0.429. The largest absolute Gasteiger partial charge is 0.262 e. The third-order valence-electron chi connectivity index (χ3n) is 3.62. The highest BCUT2D eigenvalue weighted by Crippen LogP contribution is 2.32. The number of aromatic amines is 1. The Morgan fingerprint density at radius 1 is 1.00 bits per heavy atom. The van der Waals surface area contributed by atoms with E-state index in [1.807, 2.05) is 12.1 Å². The smallest absolute Gasteiger partial charge is 0.181 e. The number of halogens is 2. The molecule has 0 atom stereocenters. The maximum atomic E-state index is 6.01. The SMILES string of the molecule is Clc1cc(Cl)cc(-c2n[nH]c(C3CCCCC3)n2)c1. The van der Waals surface area contributed by atoms with E-state index >= 15 is 0 Å². The van der Waals surface area contributed by atoms with Crippen molar-refractivity contribution < 1.29 is 0 Å². The summed E-state index contributed by atoms with van der Waals surface area (Å²) in [5.41, 5.74) is 0.857. The molecule has 19 heavy (non-hydrogen) atoms. The Balaban J connectivity index is 1.87. The number of benzene rings is 1. The van der Waals surface area contributed by atoms with Crippen molar-refractivity contribution in [1.82, 2.24) is 15.2 Å². The highest BCUT2D eigenvalue weighted by atomic mass is 35.5. The summed E-state index contributed by atoms with van der Waals surface area (Å²) >= 11 is 12.0. The molecule has 1 saturated carbocycles. The van der Waals surface area contributed by atoms with Crippen LogP contribution in [0.3, 0.4) is 0 Å². The van der Waals surface area contributed by atoms with Crippen LogP contribution in [-0.4, -0.2) is 15.2 Å². The van der Waals surface area contributed by atoms with Gasteiger partial charge in [-0.25, -0.2) is 4.98 Å². The van der Waals surface area contributed by atoms with E-state index in [0.29, 0.717) is 21.8 Å². The molecule has 0 amide bonds. The summed E-state index contributed by atoms with van der Waals surface area (Å²) in [6.45, 7) is 0. The van der Waals surface area contributed by atoms with Gasteiger partial charge < -0.3 is 0 Å². The van der Waals surface area contributed by atoms with E-state index < -0.39 is 0 Å². The van der Waals surface area contributed by atoms with Crippen LogP contribution >= 0.6 is 23.2 Å². The van der Waals surface area contributed by atoms with Crippen molar-refractivity contribution in [2.75, 3.05) is 0 Å². The van der Waals surface area contributed by atoms with Gasteiger partial charge in [0.25, 0.3) is 0 Å². The van der Waals surface area contributed by atoms with Crippen LogP contribution in [0.1, 0.15) is 43.8 Å². The van der Waals surface area contributed by atoms with E-state index in [-0.39, 0.29) is 0 Å². The van der Waals surface area contributed by atoms with Crippen LogP contribution in [0.15, 0.2) is 18.2 Å². The zero-order chi connectivity index (χ0) is 13.2. The maximum absolute atomic E-state index is 6.01. The lowest BCUT2D eigenvalue weighted by molar-refractivity contribution is 0.429. The molecule has 0 spiro atoms. The molecule has 1 aliphatic carbocycles. The van der Waals surface area contributed by atoms with Gasteiger partial charge in [0.05, 0.1) is 0 Å². The molecule has 5 heteroatoms. The van der Waals surface area contributed by atoms with Gasteiger partial charge in [0, 0.05) is 21.5 Å². The standard InChI is InChI=1S/C14H15Cl2N3/c15-11-6-10(7-12(16)8-11)14-17-13(18-19-14)9-4-2-1-3-5-9/h6-9H,1-5H2,(H,17,18,19). The zero-order valence-electron chi connectivity index (χ0n) is 10.5. The van der Waals surface area contributed by atoms with Crippen LogP contribution in [-0.2, 0) is 0 Å². The molecule has 0 bridgehead atoms. The molecule has 100 valence electrons. The molecule has 1 aromatic carbocycles. The summed E-state index contributed by atoms with van der Waals surface area (Å²) in [7, 11) is 0. The van der Waals surface area contributed by atoms with Gasteiger partial charge in [-0.2, -0.15) is 5.10 Å². The number of hydrogen-bond donors (Lipinski definition) is 1. The van der Waals surface area contributed by atoms with Crippen LogP contribution in [0.2, 0.25) is 10.0 Å². The van der Waals surface area contributed by atoms with Gasteiger partial charge in [-0.15, -0.1) is 0 Å². The molecule has 2 aromatic rings. The first-order valence-corrected chi connectivity index (χ1v) is 7.37. The second-order valence-corrected chi connectivity index (χ2v) is 5.91. The van der Waals surface area contributed by atoms with Crippen LogP contribution < -0.4 is 0 Å². The number of hydrogen-bond acceptors (Lipinski definition) is 2. The van der Waals surface area contributed by atoms with Crippen LogP contribution in [0.5, 0.6) is 0 Å². The monoisotopic (exact) mass is 295 g/mol. The first-order valence-electron chi connectivity index (χ1n) is 6.61. The number of nitrogens with one attached hydrogen (secondary N) is 1. The highest BCUT2D eigenvalue weighted by Gasteiger charge is 2.19. The maximum Gasteiger partial charge on any atom is 0.181 e. The van der Waals surface area contributed by atoms with Crippen molar-refractivity contribution in [3.63, 3.8) is 0 Å². The van der Waals surface area contributed by atoms with Crippen LogP contribution in [0.4, 0.5) is 0 Å². The van der Waals surface area contributed by atoms with Crippen molar-refractivity contribution in [2.24, 2.45) is 0 Å². The molecule has 3 rings (SSSR count). The highest BCUT2D eigenvalue weighted by molar-refractivity contribution is 6.35. The molecule has 1 heterocycles. The molecule has 1 aliphatic rings. The quantitative estimate of drug-likeness (QED) is 0.862. The second-order valence-electron chi connectivity index (χ2n) is 5.04. The van der Waals surface area contributed by atoms with E-state index in [9.17, 15) is 0 Å². The lowest BCUT2D eigenvalue weighted by Gasteiger charge is -2.18. The van der Waals surface area contributed by atoms with E-state index in [2.05, 4.69) is 15.2 Å². The van der Waals surface area contributed by atoms with Gasteiger partial charge in [0.2, 0.25) is 0 Å². The fourth-order valence-corrected chi connectivity index (χ4v) is 3.17. The molecule has 0 saturated heterocycles. The Hall–Kier alpha value is -1.06. The van der Waals surface area contributed by atoms with Gasteiger partial charge in [0.1, 0.15) is 5.82 Å². The van der Waals surface area contributed by atoms with Gasteiger partial charge in [-0.1, -0.05) is 42.5 Å². The average molecular weight is 296 g/mol. The lowest BCUT2D eigenvalue weighted by atomic mass is 9.89. The average Bonchev–Trinajstić information content (AvgIpc) is 2.88. The Labute approximate surface area is 122 Å². The summed E-state index contributed by atoms with van der Waals surface area (Å²) in [6, 6.07) is 5.38. The summed E-state index contributed by atoms with van der Waals surface area (Å²) < 4.78 is 0. The van der Waals surface area contributed by atoms with Crippen molar-refractivity contribution in [3.8, 4) is 11.4 Å². The van der Waals surface area contributed by atoms with Crippen LogP contribution in [0.25, 0.3) is 11.4 Å². The zero-order valence-corrected chi connectivity index (χ0v) is 12.0.